The fourth-order valence-electron chi connectivity index (χ4n) is 2.93. The summed E-state index contributed by atoms with van der Waals surface area (Å²) in [5.41, 5.74) is 2.08. The minimum absolute atomic E-state index is 0.244. The average molecular weight is 376 g/mol. The van der Waals surface area contributed by atoms with Crippen molar-refractivity contribution in [2.45, 2.75) is 25.1 Å². The quantitative estimate of drug-likeness (QED) is 0.571. The first-order valence-corrected chi connectivity index (χ1v) is 8.95. The van der Waals surface area contributed by atoms with Gasteiger partial charge in [-0.1, -0.05) is 71.8 Å². The summed E-state index contributed by atoms with van der Waals surface area (Å²) in [6.07, 6.45) is 3.43. The first-order valence-electron chi connectivity index (χ1n) is 8.19. The normalized spacial score (nSPS) is 13.4. The van der Waals surface area contributed by atoms with Crippen LogP contribution in [0.25, 0.3) is 0 Å². The van der Waals surface area contributed by atoms with Crippen LogP contribution in [0, 0.1) is 0 Å². The van der Waals surface area contributed by atoms with Gasteiger partial charge in [-0.25, -0.2) is 0 Å². The highest BCUT2D eigenvalue weighted by Gasteiger charge is 2.27. The van der Waals surface area contributed by atoms with Crippen molar-refractivity contribution in [1.29, 1.82) is 0 Å². The Balaban J connectivity index is 2.40. The molecule has 0 aromatic heterocycles. The number of hydrogen-bond donors (Lipinski definition) is 1. The Hall–Kier alpha value is -1.58. The molecule has 0 unspecified atom stereocenters. The van der Waals surface area contributed by atoms with Gasteiger partial charge >= 0.3 is 0 Å². The van der Waals surface area contributed by atoms with Gasteiger partial charge in [-0.3, -0.25) is 4.90 Å². The maximum absolute atomic E-state index is 10.8. The van der Waals surface area contributed by atoms with E-state index in [4.69, 9.17) is 23.2 Å². The molecule has 2 atom stereocenters. The Labute approximate surface area is 160 Å². The Morgan fingerprint density at radius 2 is 1.72 bits per heavy atom. The maximum atomic E-state index is 10.8. The van der Waals surface area contributed by atoms with E-state index in [1.807, 2.05) is 36.4 Å². The Bertz CT molecular complexity index is 702. The van der Waals surface area contributed by atoms with E-state index in [2.05, 4.69) is 30.2 Å². The zero-order chi connectivity index (χ0) is 18.2. The lowest BCUT2D eigenvalue weighted by molar-refractivity contribution is 0.0520. The van der Waals surface area contributed by atoms with Gasteiger partial charge in [0.15, 0.2) is 0 Å². The highest BCUT2D eigenvalue weighted by Crippen LogP contribution is 2.32. The van der Waals surface area contributed by atoms with Crippen molar-refractivity contribution in [3.05, 3.63) is 95.0 Å². The summed E-state index contributed by atoms with van der Waals surface area (Å²) in [6, 6.07) is 15.4. The molecular weight excluding hydrogens is 353 g/mol. The van der Waals surface area contributed by atoms with Crippen LogP contribution in [0.3, 0.4) is 0 Å². The van der Waals surface area contributed by atoms with Crippen LogP contribution in [0.4, 0.5) is 0 Å². The molecule has 2 aromatic carbocycles. The van der Waals surface area contributed by atoms with Crippen LogP contribution in [0.5, 0.6) is 0 Å². The zero-order valence-corrected chi connectivity index (χ0v) is 15.6. The number of aliphatic hydroxyl groups excluding tert-OH is 1. The molecular formula is C21H23Cl2NO. The summed E-state index contributed by atoms with van der Waals surface area (Å²) in [7, 11) is 0. The zero-order valence-electron chi connectivity index (χ0n) is 14.1. The van der Waals surface area contributed by atoms with Crippen LogP contribution in [0.2, 0.25) is 10.0 Å². The van der Waals surface area contributed by atoms with E-state index in [0.717, 1.165) is 5.56 Å². The van der Waals surface area contributed by atoms with Crippen LogP contribution < -0.4 is 0 Å². The lowest BCUT2D eigenvalue weighted by Crippen LogP contribution is -2.36. The molecule has 1 N–H and O–H groups in total. The van der Waals surface area contributed by atoms with Gasteiger partial charge in [-0.15, -0.1) is 13.2 Å². The third-order valence-corrected chi connectivity index (χ3v) is 4.78. The standard InChI is InChI=1S/C21H23Cl2NO/c1-3-8-20(25)21(17-11-12-18(22)19(23)14-17)24(13-4-2)15-16-9-6-5-7-10-16/h3-7,9-12,14,20-21,25H,1-2,8,13,15H2/t20-,21+/m0/s1. The topological polar surface area (TPSA) is 23.5 Å². The lowest BCUT2D eigenvalue weighted by Gasteiger charge is -2.34. The Morgan fingerprint density at radius 1 is 1.00 bits per heavy atom. The fourth-order valence-corrected chi connectivity index (χ4v) is 3.24. The molecule has 2 nitrogen and oxygen atoms in total. The molecule has 0 saturated carbocycles. The number of nitrogens with zero attached hydrogens (tertiary/aromatic N) is 1. The second-order valence-corrected chi connectivity index (χ2v) is 6.73. The van der Waals surface area contributed by atoms with Crippen molar-refractivity contribution in [2.75, 3.05) is 6.54 Å². The maximum Gasteiger partial charge on any atom is 0.0771 e. The number of hydrogen-bond acceptors (Lipinski definition) is 2. The highest BCUT2D eigenvalue weighted by atomic mass is 35.5. The van der Waals surface area contributed by atoms with E-state index in [1.54, 1.807) is 12.1 Å². The van der Waals surface area contributed by atoms with E-state index in [-0.39, 0.29) is 6.04 Å². The van der Waals surface area contributed by atoms with Gasteiger partial charge in [-0.2, -0.15) is 0 Å². The Kier molecular flexibility index (Phi) is 7.73. The van der Waals surface area contributed by atoms with Crippen molar-refractivity contribution in [3.63, 3.8) is 0 Å². The summed E-state index contributed by atoms with van der Waals surface area (Å²) < 4.78 is 0. The van der Waals surface area contributed by atoms with E-state index >= 15 is 0 Å². The third kappa shape index (κ3) is 5.45. The molecule has 0 aliphatic heterocycles. The molecule has 0 amide bonds. The highest BCUT2D eigenvalue weighted by molar-refractivity contribution is 6.42. The summed E-state index contributed by atoms with van der Waals surface area (Å²) in [5.74, 6) is 0. The van der Waals surface area contributed by atoms with Gasteiger partial charge in [0.25, 0.3) is 0 Å². The second kappa shape index (κ2) is 9.79. The van der Waals surface area contributed by atoms with E-state index in [0.29, 0.717) is 29.6 Å². The number of benzene rings is 2. The molecule has 4 heteroatoms. The van der Waals surface area contributed by atoms with Crippen LogP contribution >= 0.6 is 23.2 Å². The van der Waals surface area contributed by atoms with Gasteiger partial charge in [-0.05, 0) is 29.7 Å². The molecule has 0 aliphatic rings. The molecule has 2 aromatic rings. The SMILES string of the molecule is C=CC[C@H](O)[C@@H](c1ccc(Cl)c(Cl)c1)N(CC=C)Cc1ccccc1. The smallest absolute Gasteiger partial charge is 0.0771 e. The molecule has 0 aliphatic carbocycles. The van der Waals surface area contributed by atoms with Gasteiger partial charge in [0.05, 0.1) is 22.2 Å². The molecule has 0 bridgehead atoms. The fraction of sp³-hybridized carbons (Fsp3) is 0.238. The molecule has 0 fully saturated rings. The van der Waals surface area contributed by atoms with Crippen LogP contribution in [-0.2, 0) is 6.54 Å². The first kappa shape index (κ1) is 19.7. The monoisotopic (exact) mass is 375 g/mol. The molecule has 2 rings (SSSR count). The van der Waals surface area contributed by atoms with Crippen LogP contribution in [-0.4, -0.2) is 22.7 Å². The number of aliphatic hydroxyl groups is 1. The number of halogens is 2. The molecule has 0 spiro atoms. The predicted molar refractivity (Wildman–Crippen MR) is 107 cm³/mol. The predicted octanol–water partition coefficient (Wildman–Crippen LogP) is 5.66. The van der Waals surface area contributed by atoms with Gasteiger partial charge in [0.2, 0.25) is 0 Å². The van der Waals surface area contributed by atoms with Crippen molar-refractivity contribution in [3.8, 4) is 0 Å². The summed E-state index contributed by atoms with van der Waals surface area (Å²) in [4.78, 5) is 2.18. The second-order valence-electron chi connectivity index (χ2n) is 5.91. The summed E-state index contributed by atoms with van der Waals surface area (Å²) in [6.45, 7) is 8.94. The van der Waals surface area contributed by atoms with Gasteiger partial charge < -0.3 is 5.11 Å². The molecule has 0 radical (unpaired) electrons. The van der Waals surface area contributed by atoms with Crippen molar-refractivity contribution >= 4 is 23.2 Å². The van der Waals surface area contributed by atoms with Gasteiger partial charge in [0, 0.05) is 13.1 Å². The molecule has 132 valence electrons. The van der Waals surface area contributed by atoms with E-state index < -0.39 is 6.10 Å². The van der Waals surface area contributed by atoms with Crippen molar-refractivity contribution in [2.24, 2.45) is 0 Å². The molecule has 25 heavy (non-hydrogen) atoms. The number of rotatable bonds is 9. The molecule has 0 saturated heterocycles. The first-order chi connectivity index (χ1) is 12.1. The third-order valence-electron chi connectivity index (χ3n) is 4.04. The van der Waals surface area contributed by atoms with Crippen LogP contribution in [0.1, 0.15) is 23.6 Å². The Morgan fingerprint density at radius 3 is 2.32 bits per heavy atom. The minimum atomic E-state index is -0.613. The lowest BCUT2D eigenvalue weighted by atomic mass is 9.96. The molecule has 0 heterocycles. The largest absolute Gasteiger partial charge is 0.391 e. The average Bonchev–Trinajstić information content (AvgIpc) is 2.59. The van der Waals surface area contributed by atoms with E-state index in [9.17, 15) is 5.11 Å². The van der Waals surface area contributed by atoms with Gasteiger partial charge in [0.1, 0.15) is 0 Å². The van der Waals surface area contributed by atoms with Crippen molar-refractivity contribution < 1.29 is 5.11 Å². The van der Waals surface area contributed by atoms with E-state index in [1.165, 1.54) is 5.56 Å². The summed E-state index contributed by atoms with van der Waals surface area (Å²) in [5, 5.41) is 11.8. The van der Waals surface area contributed by atoms with Crippen LogP contribution in [0.15, 0.2) is 73.8 Å². The minimum Gasteiger partial charge on any atom is -0.391 e. The van der Waals surface area contributed by atoms with Crippen molar-refractivity contribution in [1.82, 2.24) is 4.90 Å². The summed E-state index contributed by atoms with van der Waals surface area (Å²) >= 11 is 12.3.